The molecular weight excluding hydrogens is 260 g/mol. The lowest BCUT2D eigenvalue weighted by Crippen LogP contribution is -2.23. The summed E-state index contributed by atoms with van der Waals surface area (Å²) in [5, 5.41) is 12.7. The summed E-state index contributed by atoms with van der Waals surface area (Å²) in [7, 11) is 0. The van der Waals surface area contributed by atoms with E-state index in [4.69, 9.17) is 0 Å². The maximum atomic E-state index is 4.65. The van der Waals surface area contributed by atoms with Gasteiger partial charge in [-0.2, -0.15) is 15.0 Å². The largest absolute Gasteiger partial charge is 0.309 e. The Kier molecular flexibility index (Phi) is 5.93. The van der Waals surface area contributed by atoms with E-state index in [1.165, 1.54) is 6.42 Å². The highest BCUT2D eigenvalue weighted by Gasteiger charge is 2.15. The van der Waals surface area contributed by atoms with Crippen molar-refractivity contribution in [3.05, 3.63) is 42.2 Å². The van der Waals surface area contributed by atoms with Crippen LogP contribution in [0.2, 0.25) is 0 Å². The molecule has 1 aromatic carbocycles. The van der Waals surface area contributed by atoms with E-state index < -0.39 is 0 Å². The summed E-state index contributed by atoms with van der Waals surface area (Å²) in [6, 6.07) is 10.3. The molecule has 0 aliphatic heterocycles. The molecule has 0 bridgehead atoms. The fourth-order valence-corrected chi connectivity index (χ4v) is 2.29. The topological polar surface area (TPSA) is 42.7 Å². The van der Waals surface area contributed by atoms with Crippen molar-refractivity contribution >= 4 is 0 Å². The zero-order valence-corrected chi connectivity index (χ0v) is 13.3. The van der Waals surface area contributed by atoms with Crippen LogP contribution in [0.4, 0.5) is 0 Å². The summed E-state index contributed by atoms with van der Waals surface area (Å²) in [6.45, 7) is 7.73. The van der Waals surface area contributed by atoms with Crippen LogP contribution in [0.3, 0.4) is 0 Å². The predicted octanol–water partition coefficient (Wildman–Crippen LogP) is 3.74. The number of aromatic nitrogens is 3. The van der Waals surface area contributed by atoms with Crippen molar-refractivity contribution in [2.24, 2.45) is 5.92 Å². The molecule has 0 radical (unpaired) electrons. The van der Waals surface area contributed by atoms with Gasteiger partial charge in [0.2, 0.25) is 0 Å². The Morgan fingerprint density at radius 3 is 2.57 bits per heavy atom. The van der Waals surface area contributed by atoms with Crippen molar-refractivity contribution in [3.8, 4) is 5.69 Å². The first-order valence-electron chi connectivity index (χ1n) is 7.91. The zero-order chi connectivity index (χ0) is 15.1. The average Bonchev–Trinajstić information content (AvgIpc) is 2.98. The third-order valence-corrected chi connectivity index (χ3v) is 3.53. The van der Waals surface area contributed by atoms with Crippen LogP contribution in [0.15, 0.2) is 36.5 Å². The van der Waals surface area contributed by atoms with Gasteiger partial charge in [-0.3, -0.25) is 0 Å². The minimum absolute atomic E-state index is 0.296. The standard InChI is InChI=1S/C17H26N4/c1-4-12-18-16(11-10-14(2)3)17-13-19-21(20-17)15-8-6-5-7-9-15/h5-9,13-14,16,18H,4,10-12H2,1-3H3. The Morgan fingerprint density at radius 2 is 1.90 bits per heavy atom. The van der Waals surface area contributed by atoms with Gasteiger partial charge in [0.1, 0.15) is 5.69 Å². The second-order valence-electron chi connectivity index (χ2n) is 5.87. The molecule has 21 heavy (non-hydrogen) atoms. The van der Waals surface area contributed by atoms with E-state index in [0.717, 1.165) is 30.8 Å². The van der Waals surface area contributed by atoms with E-state index in [1.54, 1.807) is 4.80 Å². The zero-order valence-electron chi connectivity index (χ0n) is 13.3. The van der Waals surface area contributed by atoms with Crippen LogP contribution >= 0.6 is 0 Å². The van der Waals surface area contributed by atoms with E-state index in [-0.39, 0.29) is 0 Å². The van der Waals surface area contributed by atoms with Crippen LogP contribution in [0.1, 0.15) is 51.8 Å². The monoisotopic (exact) mass is 286 g/mol. The second-order valence-corrected chi connectivity index (χ2v) is 5.87. The average molecular weight is 286 g/mol. The van der Waals surface area contributed by atoms with Crippen molar-refractivity contribution < 1.29 is 0 Å². The number of benzene rings is 1. The highest BCUT2D eigenvalue weighted by molar-refractivity contribution is 5.28. The summed E-state index contributed by atoms with van der Waals surface area (Å²) < 4.78 is 0. The number of rotatable bonds is 8. The first-order chi connectivity index (χ1) is 10.2. The van der Waals surface area contributed by atoms with E-state index in [0.29, 0.717) is 12.0 Å². The Morgan fingerprint density at radius 1 is 1.14 bits per heavy atom. The maximum absolute atomic E-state index is 4.65. The molecule has 114 valence electrons. The van der Waals surface area contributed by atoms with Gasteiger partial charge in [-0.15, -0.1) is 0 Å². The normalized spacial score (nSPS) is 12.8. The summed E-state index contributed by atoms with van der Waals surface area (Å²) in [5.41, 5.74) is 2.04. The van der Waals surface area contributed by atoms with E-state index in [1.807, 2.05) is 36.5 Å². The van der Waals surface area contributed by atoms with Crippen LogP contribution in [0.25, 0.3) is 5.69 Å². The van der Waals surface area contributed by atoms with Gasteiger partial charge in [0.05, 0.1) is 17.9 Å². The van der Waals surface area contributed by atoms with Crippen LogP contribution in [-0.4, -0.2) is 21.5 Å². The molecule has 4 heteroatoms. The number of nitrogens with one attached hydrogen (secondary N) is 1. The molecule has 4 nitrogen and oxygen atoms in total. The Balaban J connectivity index is 2.10. The van der Waals surface area contributed by atoms with Crippen LogP contribution in [-0.2, 0) is 0 Å². The Bertz CT molecular complexity index is 519. The lowest BCUT2D eigenvalue weighted by Gasteiger charge is -2.17. The van der Waals surface area contributed by atoms with Crippen molar-refractivity contribution in [1.29, 1.82) is 0 Å². The molecule has 0 spiro atoms. The first-order valence-corrected chi connectivity index (χ1v) is 7.91. The molecule has 1 unspecified atom stereocenters. The van der Waals surface area contributed by atoms with Crippen molar-refractivity contribution in [2.75, 3.05) is 6.54 Å². The number of para-hydroxylation sites is 1. The Labute approximate surface area is 127 Å². The fourth-order valence-electron chi connectivity index (χ4n) is 2.29. The second kappa shape index (κ2) is 7.93. The molecule has 0 fully saturated rings. The molecule has 0 aliphatic carbocycles. The van der Waals surface area contributed by atoms with Gasteiger partial charge >= 0.3 is 0 Å². The molecule has 1 atom stereocenters. The van der Waals surface area contributed by atoms with Gasteiger partial charge < -0.3 is 5.32 Å². The van der Waals surface area contributed by atoms with Gasteiger partial charge in [0, 0.05) is 0 Å². The molecule has 1 N–H and O–H groups in total. The number of nitrogens with zero attached hydrogens (tertiary/aromatic N) is 3. The molecule has 2 rings (SSSR count). The maximum Gasteiger partial charge on any atom is 0.100 e. The van der Waals surface area contributed by atoms with Gasteiger partial charge in [-0.05, 0) is 43.9 Å². The fraction of sp³-hybridized carbons (Fsp3) is 0.529. The highest BCUT2D eigenvalue weighted by Crippen LogP contribution is 2.19. The number of hydrogen-bond acceptors (Lipinski definition) is 3. The van der Waals surface area contributed by atoms with E-state index in [2.05, 4.69) is 36.3 Å². The Hall–Kier alpha value is -1.68. The van der Waals surface area contributed by atoms with Gasteiger partial charge in [-0.25, -0.2) is 0 Å². The van der Waals surface area contributed by atoms with E-state index in [9.17, 15) is 0 Å². The molecule has 0 amide bonds. The van der Waals surface area contributed by atoms with Gasteiger partial charge in [-0.1, -0.05) is 39.0 Å². The lowest BCUT2D eigenvalue weighted by molar-refractivity contribution is 0.432. The first kappa shape index (κ1) is 15.7. The third-order valence-electron chi connectivity index (χ3n) is 3.53. The molecule has 0 saturated heterocycles. The van der Waals surface area contributed by atoms with Crippen LogP contribution in [0, 0.1) is 5.92 Å². The van der Waals surface area contributed by atoms with Crippen LogP contribution < -0.4 is 5.32 Å². The van der Waals surface area contributed by atoms with Crippen LogP contribution in [0.5, 0.6) is 0 Å². The molecule has 2 aromatic rings. The van der Waals surface area contributed by atoms with Crippen molar-refractivity contribution in [2.45, 2.75) is 46.1 Å². The molecule has 1 heterocycles. The van der Waals surface area contributed by atoms with Crippen molar-refractivity contribution in [1.82, 2.24) is 20.3 Å². The lowest BCUT2D eigenvalue weighted by atomic mass is 10.0. The third kappa shape index (κ3) is 4.67. The smallest absolute Gasteiger partial charge is 0.100 e. The SMILES string of the molecule is CCCNC(CCC(C)C)c1cnn(-c2ccccc2)n1. The summed E-state index contributed by atoms with van der Waals surface area (Å²) in [5.74, 6) is 0.708. The minimum Gasteiger partial charge on any atom is -0.309 e. The quantitative estimate of drug-likeness (QED) is 0.803. The predicted molar refractivity (Wildman–Crippen MR) is 86.5 cm³/mol. The highest BCUT2D eigenvalue weighted by atomic mass is 15.5. The molecule has 0 aliphatic rings. The molecule has 0 saturated carbocycles. The summed E-state index contributed by atoms with van der Waals surface area (Å²) in [4.78, 5) is 1.71. The van der Waals surface area contributed by atoms with E-state index >= 15 is 0 Å². The van der Waals surface area contributed by atoms with Gasteiger partial charge in [0.25, 0.3) is 0 Å². The summed E-state index contributed by atoms with van der Waals surface area (Å²) in [6.07, 6.45) is 5.32. The minimum atomic E-state index is 0.296. The van der Waals surface area contributed by atoms with Crippen molar-refractivity contribution in [3.63, 3.8) is 0 Å². The summed E-state index contributed by atoms with van der Waals surface area (Å²) >= 11 is 0. The molecular formula is C17H26N4. The van der Waals surface area contributed by atoms with Gasteiger partial charge in [0.15, 0.2) is 0 Å². The number of hydrogen-bond donors (Lipinski definition) is 1. The molecule has 1 aromatic heterocycles.